The third-order valence-electron chi connectivity index (χ3n) is 2.09. The second kappa shape index (κ2) is 3.41. The van der Waals surface area contributed by atoms with E-state index in [0.29, 0.717) is 6.73 Å². The summed E-state index contributed by atoms with van der Waals surface area (Å²) >= 11 is 0. The fourth-order valence-corrected chi connectivity index (χ4v) is 1.35. The molecule has 0 aromatic heterocycles. The molecule has 1 aromatic rings. The standard InChI is InChI=1S/C9H11FN2O/c1-12-6-13-11-9(12)7-2-4-8(10)5-3-7/h2-5,9,11H,6H2,1H3. The van der Waals surface area contributed by atoms with Gasteiger partial charge in [0.2, 0.25) is 0 Å². The molecule has 3 nitrogen and oxygen atoms in total. The fourth-order valence-electron chi connectivity index (χ4n) is 1.35. The molecule has 1 heterocycles. The van der Waals surface area contributed by atoms with Crippen LogP contribution in [0.1, 0.15) is 11.7 Å². The van der Waals surface area contributed by atoms with Gasteiger partial charge in [-0.25, -0.2) is 4.39 Å². The van der Waals surface area contributed by atoms with Crippen molar-refractivity contribution >= 4 is 0 Å². The van der Waals surface area contributed by atoms with Crippen LogP contribution in [0.3, 0.4) is 0 Å². The molecule has 1 fully saturated rings. The maximum Gasteiger partial charge on any atom is 0.123 e. The molecule has 2 rings (SSSR count). The minimum absolute atomic E-state index is 0.0283. The largest absolute Gasteiger partial charge is 0.284 e. The second-order valence-corrected chi connectivity index (χ2v) is 3.10. The van der Waals surface area contributed by atoms with Crippen LogP contribution >= 0.6 is 0 Å². The first-order valence-electron chi connectivity index (χ1n) is 4.10. The van der Waals surface area contributed by atoms with E-state index in [9.17, 15) is 4.39 Å². The number of hydroxylamine groups is 1. The van der Waals surface area contributed by atoms with E-state index in [2.05, 4.69) is 5.48 Å². The van der Waals surface area contributed by atoms with Crippen molar-refractivity contribution < 1.29 is 9.23 Å². The molecule has 1 N–H and O–H groups in total. The van der Waals surface area contributed by atoms with Gasteiger partial charge in [-0.2, -0.15) is 5.48 Å². The van der Waals surface area contributed by atoms with Crippen molar-refractivity contribution in [3.8, 4) is 0 Å². The van der Waals surface area contributed by atoms with Gasteiger partial charge in [0.25, 0.3) is 0 Å². The van der Waals surface area contributed by atoms with Crippen LogP contribution in [0.25, 0.3) is 0 Å². The molecule has 0 radical (unpaired) electrons. The summed E-state index contributed by atoms with van der Waals surface area (Å²) in [4.78, 5) is 7.03. The third-order valence-corrected chi connectivity index (χ3v) is 2.09. The molecule has 1 aliphatic heterocycles. The number of nitrogens with zero attached hydrogens (tertiary/aromatic N) is 1. The van der Waals surface area contributed by atoms with E-state index in [1.54, 1.807) is 12.1 Å². The van der Waals surface area contributed by atoms with Gasteiger partial charge < -0.3 is 0 Å². The molecule has 1 aliphatic rings. The summed E-state index contributed by atoms with van der Waals surface area (Å²) in [7, 11) is 1.94. The lowest BCUT2D eigenvalue weighted by Crippen LogP contribution is -2.23. The zero-order chi connectivity index (χ0) is 9.26. The first-order valence-corrected chi connectivity index (χ1v) is 4.10. The fraction of sp³-hybridized carbons (Fsp3) is 0.333. The van der Waals surface area contributed by atoms with E-state index in [1.807, 2.05) is 11.9 Å². The van der Waals surface area contributed by atoms with E-state index in [1.165, 1.54) is 12.1 Å². The number of halogens is 1. The maximum atomic E-state index is 12.6. The Morgan fingerprint density at radius 3 is 2.69 bits per heavy atom. The van der Waals surface area contributed by atoms with Crippen molar-refractivity contribution in [3.63, 3.8) is 0 Å². The van der Waals surface area contributed by atoms with Crippen LogP contribution in [0.5, 0.6) is 0 Å². The molecule has 13 heavy (non-hydrogen) atoms. The molecule has 70 valence electrons. The van der Waals surface area contributed by atoms with Crippen molar-refractivity contribution in [3.05, 3.63) is 35.6 Å². The van der Waals surface area contributed by atoms with Crippen molar-refractivity contribution in [2.75, 3.05) is 13.8 Å². The number of rotatable bonds is 1. The number of benzene rings is 1. The van der Waals surface area contributed by atoms with Crippen LogP contribution in [-0.2, 0) is 4.84 Å². The van der Waals surface area contributed by atoms with Crippen LogP contribution in [0, 0.1) is 5.82 Å². The highest BCUT2D eigenvalue weighted by atomic mass is 19.1. The first-order chi connectivity index (χ1) is 6.27. The summed E-state index contributed by atoms with van der Waals surface area (Å²) in [5.41, 5.74) is 3.85. The summed E-state index contributed by atoms with van der Waals surface area (Å²) in [6.07, 6.45) is 0.0283. The van der Waals surface area contributed by atoms with Gasteiger partial charge in [-0.3, -0.25) is 9.74 Å². The highest BCUT2D eigenvalue weighted by molar-refractivity contribution is 5.19. The Bertz CT molecular complexity index is 288. The molecular weight excluding hydrogens is 171 g/mol. The lowest BCUT2D eigenvalue weighted by molar-refractivity contribution is 0.0793. The van der Waals surface area contributed by atoms with Crippen molar-refractivity contribution in [1.82, 2.24) is 10.4 Å². The van der Waals surface area contributed by atoms with Crippen LogP contribution in [0.15, 0.2) is 24.3 Å². The molecule has 0 amide bonds. The van der Waals surface area contributed by atoms with Crippen LogP contribution < -0.4 is 5.48 Å². The minimum atomic E-state index is -0.217. The Balaban J connectivity index is 2.20. The van der Waals surface area contributed by atoms with Gasteiger partial charge >= 0.3 is 0 Å². The molecule has 1 saturated heterocycles. The molecular formula is C9H11FN2O. The lowest BCUT2D eigenvalue weighted by atomic mass is 10.1. The van der Waals surface area contributed by atoms with Crippen LogP contribution in [0.4, 0.5) is 4.39 Å². The van der Waals surface area contributed by atoms with Gasteiger partial charge in [-0.1, -0.05) is 12.1 Å². The molecule has 1 aromatic carbocycles. The number of hydrogen-bond acceptors (Lipinski definition) is 3. The van der Waals surface area contributed by atoms with E-state index in [0.717, 1.165) is 5.56 Å². The molecule has 1 atom stereocenters. The highest BCUT2D eigenvalue weighted by Gasteiger charge is 2.22. The van der Waals surface area contributed by atoms with Crippen molar-refractivity contribution in [2.24, 2.45) is 0 Å². The quantitative estimate of drug-likeness (QED) is 0.707. The van der Waals surface area contributed by atoms with E-state index in [-0.39, 0.29) is 12.0 Å². The number of hydrogen-bond donors (Lipinski definition) is 1. The van der Waals surface area contributed by atoms with Crippen molar-refractivity contribution in [2.45, 2.75) is 6.17 Å². The molecule has 0 saturated carbocycles. The smallest absolute Gasteiger partial charge is 0.123 e. The summed E-state index contributed by atoms with van der Waals surface area (Å²) in [5.74, 6) is -0.217. The van der Waals surface area contributed by atoms with Gasteiger partial charge in [-0.15, -0.1) is 0 Å². The predicted octanol–water partition coefficient (Wildman–Crippen LogP) is 1.25. The van der Waals surface area contributed by atoms with Crippen LogP contribution in [0.2, 0.25) is 0 Å². The van der Waals surface area contributed by atoms with Crippen LogP contribution in [-0.4, -0.2) is 18.7 Å². The van der Waals surface area contributed by atoms with Crippen molar-refractivity contribution in [1.29, 1.82) is 0 Å². The third kappa shape index (κ3) is 1.70. The van der Waals surface area contributed by atoms with Gasteiger partial charge in [-0.05, 0) is 24.7 Å². The Kier molecular flexibility index (Phi) is 2.26. The average Bonchev–Trinajstić information content (AvgIpc) is 2.53. The Morgan fingerprint density at radius 1 is 1.46 bits per heavy atom. The van der Waals surface area contributed by atoms with E-state index < -0.39 is 0 Å². The Hall–Kier alpha value is -0.970. The Labute approximate surface area is 76.1 Å². The highest BCUT2D eigenvalue weighted by Crippen LogP contribution is 2.20. The minimum Gasteiger partial charge on any atom is -0.284 e. The molecule has 0 bridgehead atoms. The van der Waals surface area contributed by atoms with E-state index >= 15 is 0 Å². The summed E-state index contributed by atoms with van der Waals surface area (Å²) in [6.45, 7) is 0.544. The summed E-state index contributed by atoms with van der Waals surface area (Å²) < 4.78 is 12.6. The van der Waals surface area contributed by atoms with Gasteiger partial charge in [0, 0.05) is 0 Å². The SMILES string of the molecule is CN1CONC1c1ccc(F)cc1. The van der Waals surface area contributed by atoms with Gasteiger partial charge in [0.1, 0.15) is 18.7 Å². The molecule has 0 spiro atoms. The summed E-state index contributed by atoms with van der Waals surface area (Å²) in [6, 6.07) is 6.39. The normalized spacial score (nSPS) is 23.7. The Morgan fingerprint density at radius 2 is 2.15 bits per heavy atom. The topological polar surface area (TPSA) is 24.5 Å². The van der Waals surface area contributed by atoms with Gasteiger partial charge in [0.15, 0.2) is 0 Å². The first kappa shape index (κ1) is 8.62. The molecule has 0 aliphatic carbocycles. The second-order valence-electron chi connectivity index (χ2n) is 3.10. The number of nitrogens with one attached hydrogen (secondary N) is 1. The monoisotopic (exact) mass is 182 g/mol. The molecule has 4 heteroatoms. The predicted molar refractivity (Wildman–Crippen MR) is 46.0 cm³/mol. The van der Waals surface area contributed by atoms with Gasteiger partial charge in [0.05, 0.1) is 0 Å². The zero-order valence-electron chi connectivity index (χ0n) is 7.33. The lowest BCUT2D eigenvalue weighted by Gasteiger charge is -2.16. The molecule has 1 unspecified atom stereocenters. The zero-order valence-corrected chi connectivity index (χ0v) is 7.33. The summed E-state index contributed by atoms with van der Waals surface area (Å²) in [5, 5.41) is 0. The average molecular weight is 182 g/mol. The van der Waals surface area contributed by atoms with E-state index in [4.69, 9.17) is 4.84 Å². The maximum absolute atomic E-state index is 12.6.